The average molecular weight is 194 g/mol. The summed E-state index contributed by atoms with van der Waals surface area (Å²) in [5.41, 5.74) is 0. The van der Waals surface area contributed by atoms with Crippen LogP contribution in [0.1, 0.15) is 57.2 Å². The largest absolute Gasteiger partial charge is 0.339 e. The second-order valence-corrected chi connectivity index (χ2v) is 4.56. The minimum Gasteiger partial charge on any atom is -0.339 e. The first-order chi connectivity index (χ1) is 6.75. The van der Waals surface area contributed by atoms with Crippen molar-refractivity contribution >= 4 is 0 Å². The molecule has 0 aromatic carbocycles. The van der Waals surface area contributed by atoms with Gasteiger partial charge in [-0.3, -0.25) is 0 Å². The van der Waals surface area contributed by atoms with Crippen LogP contribution >= 0.6 is 0 Å². The van der Waals surface area contributed by atoms with Gasteiger partial charge in [0.15, 0.2) is 5.82 Å². The van der Waals surface area contributed by atoms with E-state index in [9.17, 15) is 0 Å². The van der Waals surface area contributed by atoms with E-state index in [0.717, 1.165) is 24.1 Å². The Kier molecular flexibility index (Phi) is 2.85. The summed E-state index contributed by atoms with van der Waals surface area (Å²) >= 11 is 0. The van der Waals surface area contributed by atoms with Gasteiger partial charge >= 0.3 is 0 Å². The Morgan fingerprint density at radius 3 is 2.64 bits per heavy atom. The molecular formula is C11H18N2O. The molecule has 0 bridgehead atoms. The third-order valence-electron chi connectivity index (χ3n) is 2.92. The smallest absolute Gasteiger partial charge is 0.229 e. The van der Waals surface area contributed by atoms with Gasteiger partial charge in [-0.15, -0.1) is 0 Å². The van der Waals surface area contributed by atoms with Crippen molar-refractivity contribution in [1.82, 2.24) is 10.1 Å². The molecule has 0 N–H and O–H groups in total. The maximum Gasteiger partial charge on any atom is 0.229 e. The first-order valence-electron chi connectivity index (χ1n) is 5.58. The van der Waals surface area contributed by atoms with Gasteiger partial charge in [-0.2, -0.15) is 4.98 Å². The van der Waals surface area contributed by atoms with Crippen LogP contribution in [0, 0.1) is 5.92 Å². The highest BCUT2D eigenvalue weighted by atomic mass is 16.5. The van der Waals surface area contributed by atoms with Crippen LogP contribution in [0.4, 0.5) is 0 Å². The fourth-order valence-corrected chi connectivity index (χ4v) is 2.06. The van der Waals surface area contributed by atoms with E-state index < -0.39 is 0 Å². The predicted molar refractivity (Wildman–Crippen MR) is 54.0 cm³/mol. The molecule has 1 saturated carbocycles. The van der Waals surface area contributed by atoms with Crippen LogP contribution in [0.3, 0.4) is 0 Å². The first-order valence-corrected chi connectivity index (χ1v) is 5.58. The summed E-state index contributed by atoms with van der Waals surface area (Å²) in [6.45, 7) is 4.15. The lowest BCUT2D eigenvalue weighted by Crippen LogP contribution is -2.00. The topological polar surface area (TPSA) is 38.9 Å². The average Bonchev–Trinajstić information content (AvgIpc) is 2.75. The van der Waals surface area contributed by atoms with Crippen LogP contribution < -0.4 is 0 Å². The Hall–Kier alpha value is -0.860. The maximum atomic E-state index is 5.18. The fourth-order valence-electron chi connectivity index (χ4n) is 2.06. The second-order valence-electron chi connectivity index (χ2n) is 4.56. The lowest BCUT2D eigenvalue weighted by Gasteiger charge is -2.02. The molecular weight excluding hydrogens is 176 g/mol. The summed E-state index contributed by atoms with van der Waals surface area (Å²) in [6.07, 6.45) is 6.44. The lowest BCUT2D eigenvalue weighted by atomic mass is 10.0. The van der Waals surface area contributed by atoms with Crippen molar-refractivity contribution in [1.29, 1.82) is 0 Å². The van der Waals surface area contributed by atoms with Gasteiger partial charge in [0.25, 0.3) is 0 Å². The van der Waals surface area contributed by atoms with Crippen LogP contribution in [-0.4, -0.2) is 10.1 Å². The monoisotopic (exact) mass is 194 g/mol. The number of nitrogens with zero attached hydrogens (tertiary/aromatic N) is 2. The minimum atomic E-state index is 0.347. The number of hydrogen-bond acceptors (Lipinski definition) is 3. The molecule has 1 heterocycles. The molecule has 0 unspecified atom stereocenters. The summed E-state index contributed by atoms with van der Waals surface area (Å²) in [6, 6.07) is 0. The normalized spacial score (nSPS) is 18.2. The molecule has 0 saturated heterocycles. The molecule has 1 aliphatic rings. The minimum absolute atomic E-state index is 0.347. The number of aromatic nitrogens is 2. The van der Waals surface area contributed by atoms with E-state index >= 15 is 0 Å². The quantitative estimate of drug-likeness (QED) is 0.742. The summed E-state index contributed by atoms with van der Waals surface area (Å²) in [5.74, 6) is 2.83. The zero-order chi connectivity index (χ0) is 9.97. The fraction of sp³-hybridized carbons (Fsp3) is 0.818. The van der Waals surface area contributed by atoms with Crippen LogP contribution in [0.5, 0.6) is 0 Å². The zero-order valence-electron chi connectivity index (χ0n) is 8.99. The highest BCUT2D eigenvalue weighted by molar-refractivity contribution is 4.92. The van der Waals surface area contributed by atoms with E-state index in [4.69, 9.17) is 4.52 Å². The lowest BCUT2D eigenvalue weighted by molar-refractivity contribution is 0.357. The molecule has 3 heteroatoms. The van der Waals surface area contributed by atoms with Crippen molar-refractivity contribution in [3.8, 4) is 0 Å². The summed E-state index contributed by atoms with van der Waals surface area (Å²) < 4.78 is 5.18. The van der Waals surface area contributed by atoms with Crippen molar-refractivity contribution in [3.63, 3.8) is 0 Å². The Bertz CT molecular complexity index is 287. The van der Waals surface area contributed by atoms with E-state index in [1.54, 1.807) is 0 Å². The van der Waals surface area contributed by atoms with Gasteiger partial charge in [-0.25, -0.2) is 0 Å². The van der Waals surface area contributed by atoms with E-state index in [-0.39, 0.29) is 0 Å². The molecule has 3 nitrogen and oxygen atoms in total. The predicted octanol–water partition coefficient (Wildman–Crippen LogP) is 2.93. The SMILES string of the molecule is CC(C)c1nc(CC2CCCC2)no1. The van der Waals surface area contributed by atoms with E-state index in [1.165, 1.54) is 25.7 Å². The second kappa shape index (κ2) is 4.11. The van der Waals surface area contributed by atoms with Crippen molar-refractivity contribution in [2.45, 2.75) is 51.9 Å². The van der Waals surface area contributed by atoms with E-state index in [1.807, 2.05) is 0 Å². The van der Waals surface area contributed by atoms with Crippen LogP contribution in [-0.2, 0) is 6.42 Å². The Labute approximate surface area is 84.9 Å². The summed E-state index contributed by atoms with van der Waals surface area (Å²) in [5, 5.41) is 4.01. The van der Waals surface area contributed by atoms with Gasteiger partial charge in [-0.1, -0.05) is 44.7 Å². The zero-order valence-corrected chi connectivity index (χ0v) is 8.99. The van der Waals surface area contributed by atoms with Crippen molar-refractivity contribution in [3.05, 3.63) is 11.7 Å². The molecule has 0 aliphatic heterocycles. The van der Waals surface area contributed by atoms with Gasteiger partial charge in [0.1, 0.15) is 0 Å². The van der Waals surface area contributed by atoms with Gasteiger partial charge < -0.3 is 4.52 Å². The van der Waals surface area contributed by atoms with Crippen molar-refractivity contribution < 1.29 is 4.52 Å². The van der Waals surface area contributed by atoms with Gasteiger partial charge in [0.2, 0.25) is 5.89 Å². The molecule has 0 radical (unpaired) electrons. The first kappa shape index (κ1) is 9.69. The molecule has 14 heavy (non-hydrogen) atoms. The molecule has 1 aromatic heterocycles. The van der Waals surface area contributed by atoms with Crippen molar-refractivity contribution in [2.75, 3.05) is 0 Å². The Morgan fingerprint density at radius 2 is 2.07 bits per heavy atom. The molecule has 78 valence electrons. The Morgan fingerprint density at radius 1 is 1.36 bits per heavy atom. The molecule has 1 aliphatic carbocycles. The third kappa shape index (κ3) is 2.14. The Balaban J connectivity index is 1.95. The van der Waals surface area contributed by atoms with Crippen LogP contribution in [0.25, 0.3) is 0 Å². The molecule has 1 aromatic rings. The van der Waals surface area contributed by atoms with Crippen molar-refractivity contribution in [2.24, 2.45) is 5.92 Å². The van der Waals surface area contributed by atoms with Crippen LogP contribution in [0.2, 0.25) is 0 Å². The molecule has 1 fully saturated rings. The highest BCUT2D eigenvalue weighted by Crippen LogP contribution is 2.27. The highest BCUT2D eigenvalue weighted by Gasteiger charge is 2.18. The van der Waals surface area contributed by atoms with E-state index in [0.29, 0.717) is 5.92 Å². The van der Waals surface area contributed by atoms with Gasteiger partial charge in [0.05, 0.1) is 0 Å². The molecule has 0 spiro atoms. The molecule has 0 amide bonds. The summed E-state index contributed by atoms with van der Waals surface area (Å²) in [7, 11) is 0. The molecule has 2 rings (SSSR count). The van der Waals surface area contributed by atoms with Gasteiger partial charge in [-0.05, 0) is 5.92 Å². The number of hydrogen-bond donors (Lipinski definition) is 0. The van der Waals surface area contributed by atoms with Crippen LogP contribution in [0.15, 0.2) is 4.52 Å². The van der Waals surface area contributed by atoms with E-state index in [2.05, 4.69) is 24.0 Å². The maximum absolute atomic E-state index is 5.18. The standard InChI is InChI=1S/C11H18N2O/c1-8(2)11-12-10(13-14-11)7-9-5-3-4-6-9/h8-9H,3-7H2,1-2H3. The third-order valence-corrected chi connectivity index (χ3v) is 2.92. The van der Waals surface area contributed by atoms with Gasteiger partial charge in [0, 0.05) is 12.3 Å². The summed E-state index contributed by atoms with van der Waals surface area (Å²) in [4.78, 5) is 4.40. The molecule has 0 atom stereocenters. The number of rotatable bonds is 3.